The van der Waals surface area contributed by atoms with Crippen molar-refractivity contribution in [2.24, 2.45) is 0 Å². The molecule has 1 aliphatic heterocycles. The van der Waals surface area contributed by atoms with Gasteiger partial charge in [0, 0.05) is 59.2 Å². The lowest BCUT2D eigenvalue weighted by molar-refractivity contribution is 0.195. The molecule has 3 aromatic heterocycles. The standard InChI is InChI=1S/C26H28ClN7O2/c1-16-12-28-14-23(30-16)17-4-5-20(22(27)11-17)21-10-18-13-29-26(31-19-6-9-36-15-19)32-24(18)34(25(21)35)8-7-33(2)3/h4-5,10-14,19H,6-9,15H2,1-3H3,(H,29,31,32). The van der Waals surface area contributed by atoms with Crippen LogP contribution in [0.3, 0.4) is 0 Å². The summed E-state index contributed by atoms with van der Waals surface area (Å²) in [6, 6.07) is 7.57. The number of aryl methyl sites for hydroxylation is 1. The van der Waals surface area contributed by atoms with Crippen LogP contribution in [-0.2, 0) is 11.3 Å². The average molecular weight is 506 g/mol. The minimum Gasteiger partial charge on any atom is -0.379 e. The second kappa shape index (κ2) is 10.3. The number of nitrogens with zero attached hydrogens (tertiary/aromatic N) is 6. The first-order valence-corrected chi connectivity index (χ1v) is 12.3. The molecule has 0 saturated carbocycles. The van der Waals surface area contributed by atoms with E-state index in [1.54, 1.807) is 23.2 Å². The Hall–Kier alpha value is -3.40. The molecule has 1 fully saturated rings. The third kappa shape index (κ3) is 5.09. The molecule has 1 aliphatic rings. The summed E-state index contributed by atoms with van der Waals surface area (Å²) in [5, 5.41) is 4.55. The van der Waals surface area contributed by atoms with E-state index in [9.17, 15) is 4.79 Å². The minimum atomic E-state index is -0.150. The highest BCUT2D eigenvalue weighted by Crippen LogP contribution is 2.31. The van der Waals surface area contributed by atoms with Gasteiger partial charge in [0.05, 0.1) is 30.2 Å². The highest BCUT2D eigenvalue weighted by molar-refractivity contribution is 6.33. The number of benzene rings is 1. The van der Waals surface area contributed by atoms with Gasteiger partial charge in [-0.1, -0.05) is 23.7 Å². The summed E-state index contributed by atoms with van der Waals surface area (Å²) in [6.07, 6.45) is 6.05. The molecule has 0 aliphatic carbocycles. The van der Waals surface area contributed by atoms with Crippen molar-refractivity contribution in [1.82, 2.24) is 29.4 Å². The highest BCUT2D eigenvalue weighted by atomic mass is 35.5. The van der Waals surface area contributed by atoms with Crippen LogP contribution in [0.2, 0.25) is 5.02 Å². The van der Waals surface area contributed by atoms with Crippen molar-refractivity contribution in [3.8, 4) is 22.4 Å². The quantitative estimate of drug-likeness (QED) is 0.406. The number of pyridine rings is 1. The molecule has 0 bridgehead atoms. The molecule has 4 heterocycles. The monoisotopic (exact) mass is 505 g/mol. The Morgan fingerprint density at radius 3 is 2.75 bits per heavy atom. The number of halogens is 1. The van der Waals surface area contributed by atoms with Crippen LogP contribution in [0.15, 0.2) is 47.7 Å². The summed E-state index contributed by atoms with van der Waals surface area (Å²) >= 11 is 6.72. The molecule has 36 heavy (non-hydrogen) atoms. The molecule has 5 rings (SSSR count). The van der Waals surface area contributed by atoms with Crippen molar-refractivity contribution in [3.05, 3.63) is 63.9 Å². The van der Waals surface area contributed by atoms with Crippen molar-refractivity contribution < 1.29 is 4.74 Å². The number of rotatable bonds is 7. The Balaban J connectivity index is 1.58. The Bertz CT molecular complexity index is 1460. The number of likely N-dealkylation sites (N-methyl/N-ethyl adjacent to an activating group) is 1. The lowest BCUT2D eigenvalue weighted by atomic mass is 10.0. The van der Waals surface area contributed by atoms with E-state index in [1.807, 2.05) is 50.2 Å². The maximum absolute atomic E-state index is 13.8. The normalized spacial score (nSPS) is 15.6. The number of ether oxygens (including phenoxy) is 1. The van der Waals surface area contributed by atoms with Crippen LogP contribution in [0.25, 0.3) is 33.4 Å². The summed E-state index contributed by atoms with van der Waals surface area (Å²) < 4.78 is 7.15. The van der Waals surface area contributed by atoms with E-state index in [1.165, 1.54) is 0 Å². The van der Waals surface area contributed by atoms with Gasteiger partial charge >= 0.3 is 0 Å². The first-order chi connectivity index (χ1) is 17.4. The average Bonchev–Trinajstić information content (AvgIpc) is 3.36. The zero-order valence-electron chi connectivity index (χ0n) is 20.5. The molecule has 1 aromatic carbocycles. The SMILES string of the molecule is Cc1cncc(-c2ccc(-c3cc4cnc(NC5CCOC5)nc4n(CCN(C)C)c3=O)c(Cl)c2)n1. The van der Waals surface area contributed by atoms with Crippen LogP contribution in [0, 0.1) is 6.92 Å². The second-order valence-corrected chi connectivity index (χ2v) is 9.64. The third-order valence-electron chi connectivity index (χ3n) is 6.17. The van der Waals surface area contributed by atoms with Gasteiger partial charge < -0.3 is 15.0 Å². The van der Waals surface area contributed by atoms with Crippen LogP contribution in [0.4, 0.5) is 5.95 Å². The summed E-state index contributed by atoms with van der Waals surface area (Å²) in [6.45, 7) is 4.39. The molecule has 4 aromatic rings. The van der Waals surface area contributed by atoms with Gasteiger partial charge in [-0.05, 0) is 39.6 Å². The van der Waals surface area contributed by atoms with Crippen molar-refractivity contribution in [1.29, 1.82) is 0 Å². The van der Waals surface area contributed by atoms with E-state index in [-0.39, 0.29) is 11.6 Å². The molecule has 1 unspecified atom stereocenters. The van der Waals surface area contributed by atoms with E-state index in [0.29, 0.717) is 47.4 Å². The largest absolute Gasteiger partial charge is 0.379 e. The molecule has 1 saturated heterocycles. The van der Waals surface area contributed by atoms with Gasteiger partial charge in [-0.25, -0.2) is 9.97 Å². The fourth-order valence-corrected chi connectivity index (χ4v) is 4.54. The predicted octanol–water partition coefficient (Wildman–Crippen LogP) is 3.64. The third-order valence-corrected chi connectivity index (χ3v) is 6.48. The lowest BCUT2D eigenvalue weighted by Crippen LogP contribution is -2.29. The predicted molar refractivity (Wildman–Crippen MR) is 141 cm³/mol. The highest BCUT2D eigenvalue weighted by Gasteiger charge is 2.19. The van der Waals surface area contributed by atoms with Crippen LogP contribution < -0.4 is 10.9 Å². The number of aromatic nitrogens is 5. The molecule has 1 N–H and O–H groups in total. The lowest BCUT2D eigenvalue weighted by Gasteiger charge is -2.17. The summed E-state index contributed by atoms with van der Waals surface area (Å²) in [7, 11) is 3.95. The number of hydrogen-bond donors (Lipinski definition) is 1. The Morgan fingerprint density at radius 2 is 2.03 bits per heavy atom. The number of anilines is 1. The summed E-state index contributed by atoms with van der Waals surface area (Å²) in [5.41, 5.74) is 3.97. The van der Waals surface area contributed by atoms with Gasteiger partial charge in [0.15, 0.2) is 0 Å². The van der Waals surface area contributed by atoms with Crippen LogP contribution >= 0.6 is 11.6 Å². The van der Waals surface area contributed by atoms with Gasteiger partial charge in [-0.2, -0.15) is 4.98 Å². The number of fused-ring (bicyclic) bond motifs is 1. The molecule has 0 spiro atoms. The van der Waals surface area contributed by atoms with Crippen LogP contribution in [0.5, 0.6) is 0 Å². The van der Waals surface area contributed by atoms with Crippen molar-refractivity contribution in [3.63, 3.8) is 0 Å². The molecule has 0 radical (unpaired) electrons. The van der Waals surface area contributed by atoms with Crippen LogP contribution in [0.1, 0.15) is 12.1 Å². The zero-order valence-corrected chi connectivity index (χ0v) is 21.3. The van der Waals surface area contributed by atoms with Crippen molar-refractivity contribution in [2.75, 3.05) is 39.2 Å². The Morgan fingerprint density at radius 1 is 1.17 bits per heavy atom. The molecule has 186 valence electrons. The van der Waals surface area contributed by atoms with Gasteiger partial charge in [-0.15, -0.1) is 0 Å². The van der Waals surface area contributed by atoms with Gasteiger partial charge in [0.1, 0.15) is 5.65 Å². The maximum Gasteiger partial charge on any atom is 0.260 e. The van der Waals surface area contributed by atoms with E-state index in [0.717, 1.165) is 35.4 Å². The van der Waals surface area contributed by atoms with E-state index in [2.05, 4.69) is 20.3 Å². The Kier molecular flexibility index (Phi) is 6.95. The molecule has 1 atom stereocenters. The summed E-state index contributed by atoms with van der Waals surface area (Å²) in [4.78, 5) is 33.8. The molecule has 9 nitrogen and oxygen atoms in total. The summed E-state index contributed by atoms with van der Waals surface area (Å²) in [5.74, 6) is 0.491. The first-order valence-electron chi connectivity index (χ1n) is 11.9. The van der Waals surface area contributed by atoms with Gasteiger partial charge in [0.25, 0.3) is 5.56 Å². The molecular weight excluding hydrogens is 478 g/mol. The molecule has 0 amide bonds. The topological polar surface area (TPSA) is 98.1 Å². The van der Waals surface area contributed by atoms with Gasteiger partial charge in [0.2, 0.25) is 5.95 Å². The first kappa shape index (κ1) is 24.3. The fourth-order valence-electron chi connectivity index (χ4n) is 4.26. The smallest absolute Gasteiger partial charge is 0.260 e. The van der Waals surface area contributed by atoms with Crippen molar-refractivity contribution >= 4 is 28.6 Å². The van der Waals surface area contributed by atoms with Crippen molar-refractivity contribution in [2.45, 2.75) is 25.9 Å². The minimum absolute atomic E-state index is 0.150. The zero-order chi connectivity index (χ0) is 25.2. The number of hydrogen-bond acceptors (Lipinski definition) is 8. The van der Waals surface area contributed by atoms with E-state index >= 15 is 0 Å². The van der Waals surface area contributed by atoms with E-state index in [4.69, 9.17) is 21.3 Å². The Labute approximate surface area is 214 Å². The molecular formula is C26H28ClN7O2. The molecule has 10 heteroatoms. The van der Waals surface area contributed by atoms with E-state index < -0.39 is 0 Å². The second-order valence-electron chi connectivity index (χ2n) is 9.24. The van der Waals surface area contributed by atoms with Crippen LogP contribution in [-0.4, -0.2) is 69.3 Å². The van der Waals surface area contributed by atoms with Gasteiger partial charge in [-0.3, -0.25) is 14.3 Å². The number of nitrogens with one attached hydrogen (secondary N) is 1. The fraction of sp³-hybridized carbons (Fsp3) is 0.346. The maximum atomic E-state index is 13.8.